The predicted molar refractivity (Wildman–Crippen MR) is 74.3 cm³/mol. The van der Waals surface area contributed by atoms with Crippen LogP contribution >= 0.6 is 11.3 Å². The van der Waals surface area contributed by atoms with Gasteiger partial charge < -0.3 is 10.2 Å². The smallest absolute Gasteiger partial charge is 0.127 e. The number of nitrogens with two attached hydrogens (primary N) is 1. The summed E-state index contributed by atoms with van der Waals surface area (Å²) in [6.07, 6.45) is 3.34. The number of hydrogen-bond acceptors (Lipinski definition) is 4. The Morgan fingerprint density at radius 1 is 1.39 bits per heavy atom. The lowest BCUT2D eigenvalue weighted by Crippen LogP contribution is -2.03. The molecule has 0 fully saturated rings. The van der Waals surface area contributed by atoms with Crippen LogP contribution in [-0.2, 0) is 0 Å². The van der Waals surface area contributed by atoms with E-state index in [1.54, 1.807) is 30.8 Å². The van der Waals surface area contributed by atoms with Crippen LogP contribution < -0.4 is 5.73 Å². The number of nitrogens with zero attached hydrogens (tertiary/aromatic N) is 2. The van der Waals surface area contributed by atoms with Crippen molar-refractivity contribution in [2.24, 2.45) is 10.7 Å². The van der Waals surface area contributed by atoms with Crippen LogP contribution in [0.4, 0.5) is 5.69 Å². The number of benzene rings is 1. The highest BCUT2D eigenvalue weighted by atomic mass is 32.1. The highest BCUT2D eigenvalue weighted by molar-refractivity contribution is 7.21. The van der Waals surface area contributed by atoms with E-state index in [0.29, 0.717) is 5.84 Å². The molecule has 2 N–H and O–H groups in total. The van der Waals surface area contributed by atoms with Crippen molar-refractivity contribution in [2.75, 3.05) is 0 Å². The standard InChI is InChI=1S/C13H11N3OS/c1-8(14)15-10-2-3-12-11(6-10)16-13(18-12)9-4-5-17-7-9/h2-7H,1H3,(H2,14,15). The zero-order valence-electron chi connectivity index (χ0n) is 9.75. The number of amidine groups is 1. The van der Waals surface area contributed by atoms with Crippen LogP contribution in [0.2, 0.25) is 0 Å². The Bertz CT molecular complexity index is 709. The predicted octanol–water partition coefficient (Wildman–Crippen LogP) is 3.56. The molecule has 3 rings (SSSR count). The van der Waals surface area contributed by atoms with Crippen LogP contribution in [0.3, 0.4) is 0 Å². The minimum absolute atomic E-state index is 0.541. The van der Waals surface area contributed by atoms with Gasteiger partial charge in [0.15, 0.2) is 0 Å². The van der Waals surface area contributed by atoms with E-state index in [9.17, 15) is 0 Å². The van der Waals surface area contributed by atoms with Gasteiger partial charge in [-0.2, -0.15) is 0 Å². The zero-order valence-corrected chi connectivity index (χ0v) is 10.6. The van der Waals surface area contributed by atoms with Crippen LogP contribution in [0.1, 0.15) is 6.92 Å². The van der Waals surface area contributed by atoms with Gasteiger partial charge in [0.1, 0.15) is 11.3 Å². The van der Waals surface area contributed by atoms with Gasteiger partial charge in [-0.1, -0.05) is 0 Å². The number of aromatic nitrogens is 1. The van der Waals surface area contributed by atoms with Crippen molar-refractivity contribution in [3.63, 3.8) is 0 Å². The molecule has 5 heteroatoms. The topological polar surface area (TPSA) is 64.4 Å². The summed E-state index contributed by atoms with van der Waals surface area (Å²) in [6, 6.07) is 7.79. The molecule has 4 nitrogen and oxygen atoms in total. The van der Waals surface area contributed by atoms with E-state index >= 15 is 0 Å². The number of thiazole rings is 1. The third kappa shape index (κ3) is 2.00. The zero-order chi connectivity index (χ0) is 12.5. The van der Waals surface area contributed by atoms with Gasteiger partial charge >= 0.3 is 0 Å². The number of aliphatic imine (C=N–C) groups is 1. The van der Waals surface area contributed by atoms with Gasteiger partial charge in [0.05, 0.1) is 28.0 Å². The van der Waals surface area contributed by atoms with Gasteiger partial charge in [0.2, 0.25) is 0 Å². The summed E-state index contributed by atoms with van der Waals surface area (Å²) in [4.78, 5) is 8.79. The van der Waals surface area contributed by atoms with Crippen LogP contribution in [-0.4, -0.2) is 10.8 Å². The number of furan rings is 1. The van der Waals surface area contributed by atoms with Gasteiger partial charge in [-0.05, 0) is 31.2 Å². The molecule has 0 bridgehead atoms. The van der Waals surface area contributed by atoms with E-state index in [2.05, 4.69) is 9.98 Å². The second-order valence-electron chi connectivity index (χ2n) is 3.94. The van der Waals surface area contributed by atoms with Gasteiger partial charge in [-0.3, -0.25) is 0 Å². The molecule has 3 aromatic rings. The SMILES string of the molecule is CC(N)=Nc1ccc2sc(-c3ccoc3)nc2c1. The van der Waals surface area contributed by atoms with Gasteiger partial charge in [0, 0.05) is 5.56 Å². The molecule has 0 atom stereocenters. The van der Waals surface area contributed by atoms with E-state index in [-0.39, 0.29) is 0 Å². The first-order valence-electron chi connectivity index (χ1n) is 5.46. The maximum atomic E-state index is 5.57. The van der Waals surface area contributed by atoms with Crippen molar-refractivity contribution in [1.29, 1.82) is 0 Å². The Morgan fingerprint density at radius 2 is 2.28 bits per heavy atom. The highest BCUT2D eigenvalue weighted by Crippen LogP contribution is 2.32. The number of hydrogen-bond donors (Lipinski definition) is 1. The maximum absolute atomic E-state index is 5.57. The molecule has 0 aliphatic heterocycles. The maximum Gasteiger partial charge on any atom is 0.127 e. The molecule has 2 heterocycles. The highest BCUT2D eigenvalue weighted by Gasteiger charge is 2.07. The molecule has 0 saturated heterocycles. The molecule has 0 amide bonds. The fraction of sp³-hybridized carbons (Fsp3) is 0.0769. The first-order chi connectivity index (χ1) is 8.72. The monoisotopic (exact) mass is 257 g/mol. The number of rotatable bonds is 2. The van der Waals surface area contributed by atoms with E-state index in [1.165, 1.54) is 0 Å². The van der Waals surface area contributed by atoms with Crippen molar-refractivity contribution in [2.45, 2.75) is 6.92 Å². The van der Waals surface area contributed by atoms with Crippen LogP contribution in [0.15, 0.2) is 46.2 Å². The van der Waals surface area contributed by atoms with Crippen molar-refractivity contribution >= 4 is 33.1 Å². The Hall–Kier alpha value is -2.14. The summed E-state index contributed by atoms with van der Waals surface area (Å²) in [7, 11) is 0. The summed E-state index contributed by atoms with van der Waals surface area (Å²) in [5.41, 5.74) is 8.32. The first-order valence-corrected chi connectivity index (χ1v) is 6.28. The second kappa shape index (κ2) is 4.27. The van der Waals surface area contributed by atoms with Crippen molar-refractivity contribution in [1.82, 2.24) is 4.98 Å². The van der Waals surface area contributed by atoms with E-state index in [4.69, 9.17) is 10.2 Å². The van der Waals surface area contributed by atoms with E-state index in [1.807, 2.05) is 24.3 Å². The summed E-state index contributed by atoms with van der Waals surface area (Å²) >= 11 is 1.63. The Balaban J connectivity index is 2.10. The largest absolute Gasteiger partial charge is 0.472 e. The molecule has 0 unspecified atom stereocenters. The summed E-state index contributed by atoms with van der Waals surface area (Å²) < 4.78 is 6.19. The first kappa shape index (κ1) is 11.0. The normalized spacial score (nSPS) is 12.2. The lowest BCUT2D eigenvalue weighted by atomic mass is 10.3. The molecule has 0 aliphatic carbocycles. The second-order valence-corrected chi connectivity index (χ2v) is 4.97. The van der Waals surface area contributed by atoms with Gasteiger partial charge in [0.25, 0.3) is 0 Å². The van der Waals surface area contributed by atoms with Crippen LogP contribution in [0.25, 0.3) is 20.8 Å². The molecule has 2 aromatic heterocycles. The lowest BCUT2D eigenvalue weighted by molar-refractivity contribution is 0.568. The van der Waals surface area contributed by atoms with E-state index in [0.717, 1.165) is 26.5 Å². The van der Waals surface area contributed by atoms with Gasteiger partial charge in [-0.25, -0.2) is 9.98 Å². The summed E-state index contributed by atoms with van der Waals surface area (Å²) in [6.45, 7) is 1.77. The third-order valence-electron chi connectivity index (χ3n) is 2.44. The summed E-state index contributed by atoms with van der Waals surface area (Å²) in [5, 5.41) is 0.948. The average Bonchev–Trinajstić information content (AvgIpc) is 2.95. The molecule has 0 aliphatic rings. The molecule has 0 saturated carbocycles. The molecule has 1 aromatic carbocycles. The molecular formula is C13H11N3OS. The Kier molecular flexibility index (Phi) is 2.60. The minimum atomic E-state index is 0.541. The summed E-state index contributed by atoms with van der Waals surface area (Å²) in [5.74, 6) is 0.541. The minimum Gasteiger partial charge on any atom is -0.472 e. The third-order valence-corrected chi connectivity index (χ3v) is 3.53. The molecule has 18 heavy (non-hydrogen) atoms. The molecular weight excluding hydrogens is 246 g/mol. The fourth-order valence-electron chi connectivity index (χ4n) is 1.70. The molecule has 90 valence electrons. The number of fused-ring (bicyclic) bond motifs is 1. The Morgan fingerprint density at radius 3 is 3.00 bits per heavy atom. The average molecular weight is 257 g/mol. The van der Waals surface area contributed by atoms with Gasteiger partial charge in [-0.15, -0.1) is 11.3 Å². The Labute approximate surface area is 108 Å². The van der Waals surface area contributed by atoms with Crippen molar-refractivity contribution in [3.8, 4) is 10.6 Å². The van der Waals surface area contributed by atoms with Crippen LogP contribution in [0, 0.1) is 0 Å². The quantitative estimate of drug-likeness (QED) is 0.564. The van der Waals surface area contributed by atoms with Crippen molar-refractivity contribution in [3.05, 3.63) is 36.8 Å². The van der Waals surface area contributed by atoms with Crippen molar-refractivity contribution < 1.29 is 4.42 Å². The fourth-order valence-corrected chi connectivity index (χ4v) is 2.63. The molecule has 0 spiro atoms. The molecule has 0 radical (unpaired) electrons. The lowest BCUT2D eigenvalue weighted by Gasteiger charge is -1.94. The van der Waals surface area contributed by atoms with Crippen LogP contribution in [0.5, 0.6) is 0 Å². The van der Waals surface area contributed by atoms with E-state index < -0.39 is 0 Å².